The van der Waals surface area contributed by atoms with E-state index in [1.54, 1.807) is 0 Å². The molecule has 0 fully saturated rings. The molecule has 32 heavy (non-hydrogen) atoms. The minimum absolute atomic E-state index is 0.294. The van der Waals surface area contributed by atoms with Crippen LogP contribution in [0, 0.1) is 12.8 Å². The summed E-state index contributed by atoms with van der Waals surface area (Å²) in [6.45, 7) is 10.1. The Labute approximate surface area is 190 Å². The first kappa shape index (κ1) is 23.5. The fourth-order valence-corrected chi connectivity index (χ4v) is 3.48. The zero-order chi connectivity index (χ0) is 23.1. The van der Waals surface area contributed by atoms with Crippen LogP contribution >= 0.6 is 0 Å². The maximum atomic E-state index is 13.3. The van der Waals surface area contributed by atoms with E-state index in [4.69, 9.17) is 9.47 Å². The molecular weight excluding hydrogens is 404 g/mol. The van der Waals surface area contributed by atoms with E-state index in [0.29, 0.717) is 55.5 Å². The number of carbonyl (C=O) groups is 2. The van der Waals surface area contributed by atoms with Crippen molar-refractivity contribution < 1.29 is 19.1 Å². The van der Waals surface area contributed by atoms with Gasteiger partial charge in [-0.25, -0.2) is 0 Å². The minimum atomic E-state index is -0.317. The number of rotatable bonds is 11. The van der Waals surface area contributed by atoms with Crippen LogP contribution in [0.15, 0.2) is 54.2 Å². The van der Waals surface area contributed by atoms with E-state index in [9.17, 15) is 9.59 Å². The molecule has 2 aromatic rings. The van der Waals surface area contributed by atoms with Crippen LogP contribution in [-0.2, 0) is 14.3 Å². The standard InChI is InChI=1S/C26H32N2O4/c1-5-31-15-7-14-28-25(29)23(20-10-12-22(13-11-20)32-17-18(2)3)24(26(28)30)27-21-9-6-8-19(4)16-21/h6,8-13,16,18,27H,5,7,14-15,17H2,1-4H3. The smallest absolute Gasteiger partial charge is 0.278 e. The highest BCUT2D eigenvalue weighted by atomic mass is 16.5. The third kappa shape index (κ3) is 5.77. The van der Waals surface area contributed by atoms with E-state index in [1.165, 1.54) is 4.90 Å². The number of amides is 2. The third-order valence-electron chi connectivity index (χ3n) is 5.06. The lowest BCUT2D eigenvalue weighted by atomic mass is 10.0. The monoisotopic (exact) mass is 436 g/mol. The topological polar surface area (TPSA) is 67.9 Å². The van der Waals surface area contributed by atoms with Gasteiger partial charge in [-0.1, -0.05) is 38.1 Å². The quantitative estimate of drug-likeness (QED) is 0.410. The molecule has 0 bridgehead atoms. The van der Waals surface area contributed by atoms with Crippen molar-refractivity contribution in [1.82, 2.24) is 4.90 Å². The van der Waals surface area contributed by atoms with Gasteiger partial charge in [-0.05, 0) is 61.6 Å². The molecule has 0 aromatic heterocycles. The van der Waals surface area contributed by atoms with Gasteiger partial charge in [0, 0.05) is 25.4 Å². The molecule has 6 nitrogen and oxygen atoms in total. The number of imide groups is 1. The first-order valence-electron chi connectivity index (χ1n) is 11.2. The van der Waals surface area contributed by atoms with Crippen molar-refractivity contribution in [2.75, 3.05) is 31.7 Å². The zero-order valence-electron chi connectivity index (χ0n) is 19.3. The van der Waals surface area contributed by atoms with E-state index in [1.807, 2.05) is 62.4 Å². The second kappa shape index (κ2) is 11.0. The summed E-state index contributed by atoms with van der Waals surface area (Å²) in [5, 5.41) is 3.20. The summed E-state index contributed by atoms with van der Waals surface area (Å²) in [5.74, 6) is 0.545. The molecule has 0 radical (unpaired) electrons. The normalized spacial score (nSPS) is 14.0. The summed E-state index contributed by atoms with van der Waals surface area (Å²) in [6.07, 6.45) is 0.596. The first-order valence-corrected chi connectivity index (χ1v) is 11.2. The van der Waals surface area contributed by atoms with Gasteiger partial charge in [0.2, 0.25) is 0 Å². The molecule has 170 valence electrons. The van der Waals surface area contributed by atoms with Gasteiger partial charge in [0.25, 0.3) is 11.8 Å². The second-order valence-electron chi connectivity index (χ2n) is 8.29. The summed E-state index contributed by atoms with van der Waals surface area (Å²) in [4.78, 5) is 27.8. The average Bonchev–Trinajstić information content (AvgIpc) is 2.99. The Hall–Kier alpha value is -3.12. The van der Waals surface area contributed by atoms with Crippen LogP contribution in [0.3, 0.4) is 0 Å². The molecule has 1 N–H and O–H groups in total. The van der Waals surface area contributed by atoms with Crippen molar-refractivity contribution in [2.45, 2.75) is 34.1 Å². The number of aryl methyl sites for hydroxylation is 1. The van der Waals surface area contributed by atoms with Crippen molar-refractivity contribution >= 4 is 23.1 Å². The van der Waals surface area contributed by atoms with Crippen LogP contribution in [0.2, 0.25) is 0 Å². The Morgan fingerprint density at radius 3 is 2.44 bits per heavy atom. The highest BCUT2D eigenvalue weighted by molar-refractivity contribution is 6.36. The van der Waals surface area contributed by atoms with Gasteiger partial charge in [0.15, 0.2) is 0 Å². The number of nitrogens with zero attached hydrogens (tertiary/aromatic N) is 1. The molecular formula is C26H32N2O4. The number of hydrogen-bond donors (Lipinski definition) is 1. The second-order valence-corrected chi connectivity index (χ2v) is 8.29. The van der Waals surface area contributed by atoms with Gasteiger partial charge >= 0.3 is 0 Å². The highest BCUT2D eigenvalue weighted by Gasteiger charge is 2.38. The molecule has 0 unspecified atom stereocenters. The van der Waals surface area contributed by atoms with Gasteiger partial charge in [-0.3, -0.25) is 14.5 Å². The van der Waals surface area contributed by atoms with Crippen LogP contribution in [0.4, 0.5) is 5.69 Å². The molecule has 2 aromatic carbocycles. The first-order chi connectivity index (χ1) is 15.4. The van der Waals surface area contributed by atoms with Crippen LogP contribution < -0.4 is 10.1 Å². The third-order valence-corrected chi connectivity index (χ3v) is 5.06. The van der Waals surface area contributed by atoms with Crippen molar-refractivity contribution in [3.8, 4) is 5.75 Å². The molecule has 3 rings (SSSR count). The van der Waals surface area contributed by atoms with Crippen molar-refractivity contribution in [3.05, 3.63) is 65.4 Å². The Kier molecular flexibility index (Phi) is 8.06. The van der Waals surface area contributed by atoms with Crippen molar-refractivity contribution in [2.24, 2.45) is 5.92 Å². The number of benzene rings is 2. The molecule has 0 aliphatic carbocycles. The van der Waals surface area contributed by atoms with E-state index < -0.39 is 0 Å². The average molecular weight is 437 g/mol. The number of ether oxygens (including phenoxy) is 2. The lowest BCUT2D eigenvalue weighted by Gasteiger charge is -2.15. The number of hydrogen-bond acceptors (Lipinski definition) is 5. The van der Waals surface area contributed by atoms with Gasteiger partial charge in [-0.15, -0.1) is 0 Å². The number of carbonyl (C=O) groups excluding carboxylic acids is 2. The van der Waals surface area contributed by atoms with Gasteiger partial charge in [0.1, 0.15) is 11.4 Å². The van der Waals surface area contributed by atoms with E-state index in [-0.39, 0.29) is 11.8 Å². The van der Waals surface area contributed by atoms with Crippen molar-refractivity contribution in [1.29, 1.82) is 0 Å². The summed E-state index contributed by atoms with van der Waals surface area (Å²) < 4.78 is 11.1. The molecule has 0 spiro atoms. The maximum absolute atomic E-state index is 13.3. The predicted octanol–water partition coefficient (Wildman–Crippen LogP) is 4.65. The molecule has 0 saturated carbocycles. The van der Waals surface area contributed by atoms with Gasteiger partial charge < -0.3 is 14.8 Å². The van der Waals surface area contributed by atoms with Crippen LogP contribution in [0.1, 0.15) is 38.3 Å². The molecule has 1 heterocycles. The van der Waals surface area contributed by atoms with Crippen molar-refractivity contribution in [3.63, 3.8) is 0 Å². The van der Waals surface area contributed by atoms with E-state index >= 15 is 0 Å². The number of anilines is 1. The van der Waals surface area contributed by atoms with Crippen LogP contribution in [0.25, 0.3) is 5.57 Å². The molecule has 1 aliphatic heterocycles. The summed E-state index contributed by atoms with van der Waals surface area (Å²) in [7, 11) is 0. The molecule has 0 saturated heterocycles. The molecule has 0 atom stereocenters. The lowest BCUT2D eigenvalue weighted by Crippen LogP contribution is -2.34. The maximum Gasteiger partial charge on any atom is 0.278 e. The highest BCUT2D eigenvalue weighted by Crippen LogP contribution is 2.31. The number of nitrogens with one attached hydrogen (secondary N) is 1. The van der Waals surface area contributed by atoms with Gasteiger partial charge in [0.05, 0.1) is 12.2 Å². The molecule has 6 heteroatoms. The minimum Gasteiger partial charge on any atom is -0.493 e. The molecule has 1 aliphatic rings. The molecule has 2 amide bonds. The summed E-state index contributed by atoms with van der Waals surface area (Å²) in [5.41, 5.74) is 3.19. The summed E-state index contributed by atoms with van der Waals surface area (Å²) >= 11 is 0. The van der Waals surface area contributed by atoms with Gasteiger partial charge in [-0.2, -0.15) is 0 Å². The fraction of sp³-hybridized carbons (Fsp3) is 0.385. The van der Waals surface area contributed by atoms with Crippen LogP contribution in [-0.4, -0.2) is 43.1 Å². The van der Waals surface area contributed by atoms with Crippen LogP contribution in [0.5, 0.6) is 5.75 Å². The largest absolute Gasteiger partial charge is 0.493 e. The van der Waals surface area contributed by atoms with E-state index in [2.05, 4.69) is 19.2 Å². The fourth-order valence-electron chi connectivity index (χ4n) is 3.48. The summed E-state index contributed by atoms with van der Waals surface area (Å²) in [6, 6.07) is 15.1. The Balaban J connectivity index is 1.89. The zero-order valence-corrected chi connectivity index (χ0v) is 19.3. The Morgan fingerprint density at radius 1 is 1.03 bits per heavy atom. The van der Waals surface area contributed by atoms with E-state index in [0.717, 1.165) is 17.0 Å². The predicted molar refractivity (Wildman–Crippen MR) is 126 cm³/mol. The lowest BCUT2D eigenvalue weighted by molar-refractivity contribution is -0.137. The Morgan fingerprint density at radius 2 is 1.78 bits per heavy atom. The SMILES string of the molecule is CCOCCCN1C(=O)C(Nc2cccc(C)c2)=C(c2ccc(OCC(C)C)cc2)C1=O. The Bertz CT molecular complexity index is 980.